The van der Waals surface area contributed by atoms with Crippen LogP contribution in [0.1, 0.15) is 19.4 Å². The molecule has 3 heteroatoms. The molecule has 1 aromatic carbocycles. The van der Waals surface area contributed by atoms with E-state index in [0.29, 0.717) is 11.4 Å². The Morgan fingerprint density at radius 2 is 2.11 bits per heavy atom. The fourth-order valence-electron chi connectivity index (χ4n) is 2.55. The Morgan fingerprint density at radius 1 is 1.42 bits per heavy atom. The number of ether oxygens (including phenoxy) is 1. The van der Waals surface area contributed by atoms with Crippen molar-refractivity contribution in [2.45, 2.75) is 36.9 Å². The fourth-order valence-corrected chi connectivity index (χ4v) is 3.16. The second-order valence-corrected chi connectivity index (χ2v) is 6.57. The van der Waals surface area contributed by atoms with Gasteiger partial charge in [0.25, 0.3) is 0 Å². The summed E-state index contributed by atoms with van der Waals surface area (Å²) >= 11 is 3.81. The number of nitrogens with zero attached hydrogens (tertiary/aromatic N) is 1. The second kappa shape index (κ2) is 6.21. The molecule has 1 aromatic rings. The van der Waals surface area contributed by atoms with Crippen molar-refractivity contribution in [2.24, 2.45) is 0 Å². The van der Waals surface area contributed by atoms with Gasteiger partial charge in [0.05, 0.1) is 17.5 Å². The predicted molar refractivity (Wildman–Crippen MR) is 83.6 cm³/mol. The first-order valence-corrected chi connectivity index (χ1v) is 7.63. The van der Waals surface area contributed by atoms with Gasteiger partial charge in [-0.05, 0) is 19.4 Å². The third-order valence-electron chi connectivity index (χ3n) is 3.87. The molecule has 1 heterocycles. The Balaban J connectivity index is 1.96. The molecule has 0 radical (unpaired) electrons. The maximum Gasteiger partial charge on any atom is 0.0849 e. The van der Waals surface area contributed by atoms with Crippen molar-refractivity contribution in [3.05, 3.63) is 48.6 Å². The molecule has 0 saturated carbocycles. The van der Waals surface area contributed by atoms with Crippen molar-refractivity contribution >= 4 is 15.9 Å². The number of likely N-dealkylation sites (tertiary alicyclic amines) is 1. The summed E-state index contributed by atoms with van der Waals surface area (Å²) in [5.74, 6) is 0. The van der Waals surface area contributed by atoms with Crippen molar-refractivity contribution in [1.82, 2.24) is 4.90 Å². The highest BCUT2D eigenvalue weighted by atomic mass is 79.9. The van der Waals surface area contributed by atoms with E-state index in [4.69, 9.17) is 4.74 Å². The van der Waals surface area contributed by atoms with Crippen molar-refractivity contribution in [3.8, 4) is 0 Å². The van der Waals surface area contributed by atoms with E-state index in [2.05, 4.69) is 53.4 Å². The van der Waals surface area contributed by atoms with Gasteiger partial charge in [-0.3, -0.25) is 4.90 Å². The fraction of sp³-hybridized carbons (Fsp3) is 0.500. The molecule has 0 spiro atoms. The van der Waals surface area contributed by atoms with Crippen LogP contribution < -0.4 is 0 Å². The van der Waals surface area contributed by atoms with Crippen LogP contribution in [-0.4, -0.2) is 34.5 Å². The molecule has 2 rings (SSSR count). The van der Waals surface area contributed by atoms with Gasteiger partial charge in [-0.25, -0.2) is 0 Å². The molecule has 1 aliphatic rings. The van der Waals surface area contributed by atoms with Crippen molar-refractivity contribution in [2.75, 3.05) is 13.1 Å². The van der Waals surface area contributed by atoms with Crippen LogP contribution in [0.5, 0.6) is 0 Å². The zero-order valence-corrected chi connectivity index (χ0v) is 13.3. The average molecular weight is 324 g/mol. The van der Waals surface area contributed by atoms with E-state index in [9.17, 15) is 0 Å². The molecular formula is C16H22BrNO. The summed E-state index contributed by atoms with van der Waals surface area (Å²) in [6.45, 7) is 10.9. The molecule has 0 unspecified atom stereocenters. The highest BCUT2D eigenvalue weighted by Crippen LogP contribution is 2.36. The number of hydrogen-bond acceptors (Lipinski definition) is 2. The topological polar surface area (TPSA) is 12.5 Å². The minimum atomic E-state index is 0.0928. The number of rotatable bonds is 5. The average Bonchev–Trinajstić information content (AvgIpc) is 2.62. The normalized spacial score (nSPS) is 26.5. The zero-order chi connectivity index (χ0) is 13.9. The summed E-state index contributed by atoms with van der Waals surface area (Å²) in [6.07, 6.45) is 2.18. The van der Waals surface area contributed by atoms with Gasteiger partial charge in [-0.2, -0.15) is 0 Å². The molecule has 19 heavy (non-hydrogen) atoms. The van der Waals surface area contributed by atoms with Crippen LogP contribution in [0.15, 0.2) is 43.0 Å². The smallest absolute Gasteiger partial charge is 0.0849 e. The van der Waals surface area contributed by atoms with Gasteiger partial charge in [0.1, 0.15) is 0 Å². The van der Waals surface area contributed by atoms with Gasteiger partial charge in [0, 0.05) is 18.6 Å². The monoisotopic (exact) mass is 323 g/mol. The number of benzene rings is 1. The van der Waals surface area contributed by atoms with E-state index < -0.39 is 0 Å². The molecular weight excluding hydrogens is 302 g/mol. The van der Waals surface area contributed by atoms with Gasteiger partial charge in [0.15, 0.2) is 0 Å². The summed E-state index contributed by atoms with van der Waals surface area (Å²) < 4.78 is 6.09. The SMILES string of the molecule is C=CCN1C[C@@H](OCc2ccccc2)[C@@H](Br)C1(C)C. The molecule has 0 aliphatic carbocycles. The van der Waals surface area contributed by atoms with E-state index in [1.54, 1.807) is 0 Å². The Labute approximate surface area is 124 Å². The van der Waals surface area contributed by atoms with E-state index >= 15 is 0 Å². The largest absolute Gasteiger partial charge is 0.371 e. The van der Waals surface area contributed by atoms with Gasteiger partial charge in [0.2, 0.25) is 0 Å². The first-order chi connectivity index (χ1) is 9.05. The molecule has 1 fully saturated rings. The molecule has 2 nitrogen and oxygen atoms in total. The lowest BCUT2D eigenvalue weighted by Gasteiger charge is -2.32. The molecule has 0 aromatic heterocycles. The quantitative estimate of drug-likeness (QED) is 0.606. The summed E-state index contributed by atoms with van der Waals surface area (Å²) in [6, 6.07) is 10.3. The van der Waals surface area contributed by atoms with Crippen LogP contribution in [0.3, 0.4) is 0 Å². The number of halogens is 1. The Hall–Kier alpha value is -0.640. The first kappa shape index (κ1) is 14.8. The summed E-state index contributed by atoms with van der Waals surface area (Å²) in [4.78, 5) is 2.75. The number of alkyl halides is 1. The lowest BCUT2D eigenvalue weighted by Crippen LogP contribution is -2.43. The predicted octanol–water partition coefficient (Wildman–Crippen LogP) is 3.62. The molecule has 1 saturated heterocycles. The van der Waals surface area contributed by atoms with Gasteiger partial charge < -0.3 is 4.74 Å². The van der Waals surface area contributed by atoms with Crippen molar-refractivity contribution in [1.29, 1.82) is 0 Å². The molecule has 0 amide bonds. The summed E-state index contributed by atoms with van der Waals surface area (Å²) in [5.41, 5.74) is 1.32. The van der Waals surface area contributed by atoms with Crippen LogP contribution in [0.4, 0.5) is 0 Å². The van der Waals surface area contributed by atoms with Crippen LogP contribution in [0.2, 0.25) is 0 Å². The Bertz CT molecular complexity index is 418. The second-order valence-electron chi connectivity index (χ2n) is 5.58. The third-order valence-corrected chi connectivity index (χ3v) is 5.58. The third kappa shape index (κ3) is 3.28. The standard InChI is InChI=1S/C16H22BrNO/c1-4-10-18-11-14(15(17)16(18,2)3)19-12-13-8-6-5-7-9-13/h4-9,14-15H,1,10-12H2,2-3H3/t14-,15-/m1/s1. The maximum absolute atomic E-state index is 6.09. The van der Waals surface area contributed by atoms with Crippen molar-refractivity contribution in [3.63, 3.8) is 0 Å². The lowest BCUT2D eigenvalue weighted by atomic mass is 10.0. The minimum absolute atomic E-state index is 0.0928. The molecule has 104 valence electrons. The lowest BCUT2D eigenvalue weighted by molar-refractivity contribution is 0.0508. The first-order valence-electron chi connectivity index (χ1n) is 6.71. The highest BCUT2D eigenvalue weighted by molar-refractivity contribution is 9.09. The maximum atomic E-state index is 6.09. The zero-order valence-electron chi connectivity index (χ0n) is 11.7. The molecule has 1 aliphatic heterocycles. The van der Waals surface area contributed by atoms with E-state index in [1.165, 1.54) is 5.56 Å². The van der Waals surface area contributed by atoms with E-state index in [-0.39, 0.29) is 11.6 Å². The van der Waals surface area contributed by atoms with Crippen LogP contribution in [-0.2, 0) is 11.3 Å². The molecule has 2 atom stereocenters. The molecule has 0 bridgehead atoms. The van der Waals surface area contributed by atoms with E-state index in [0.717, 1.165) is 13.1 Å². The van der Waals surface area contributed by atoms with Crippen LogP contribution in [0, 0.1) is 0 Å². The van der Waals surface area contributed by atoms with E-state index in [1.807, 2.05) is 24.3 Å². The Morgan fingerprint density at radius 3 is 2.74 bits per heavy atom. The summed E-state index contributed by atoms with van der Waals surface area (Å²) in [7, 11) is 0. The van der Waals surface area contributed by atoms with Gasteiger partial charge in [-0.15, -0.1) is 6.58 Å². The van der Waals surface area contributed by atoms with Crippen LogP contribution >= 0.6 is 15.9 Å². The number of hydrogen-bond donors (Lipinski definition) is 0. The van der Waals surface area contributed by atoms with Gasteiger partial charge in [-0.1, -0.05) is 52.3 Å². The molecule has 0 N–H and O–H groups in total. The Kier molecular flexibility index (Phi) is 4.82. The summed E-state index contributed by atoms with van der Waals surface area (Å²) in [5, 5.41) is 0. The highest BCUT2D eigenvalue weighted by Gasteiger charge is 2.46. The van der Waals surface area contributed by atoms with Crippen LogP contribution in [0.25, 0.3) is 0 Å². The van der Waals surface area contributed by atoms with Gasteiger partial charge >= 0.3 is 0 Å². The van der Waals surface area contributed by atoms with Crippen molar-refractivity contribution < 1.29 is 4.74 Å². The minimum Gasteiger partial charge on any atom is -0.371 e.